The molecular weight excluding hydrogens is 882 g/mol. The van der Waals surface area contributed by atoms with Gasteiger partial charge in [-0.3, -0.25) is 18.6 Å². The number of phosphoric ester groups is 1. The zero-order chi connectivity index (χ0) is 50.6. The van der Waals surface area contributed by atoms with Crippen LogP contribution in [0.25, 0.3) is 0 Å². The fraction of sp³-hybridized carbons (Fsp3) is 0.898. The molecule has 0 aromatic rings. The summed E-state index contributed by atoms with van der Waals surface area (Å²) >= 11 is 0. The molecule has 0 aromatic carbocycles. The number of ether oxygens (including phenoxy) is 2. The maximum Gasteiger partial charge on any atom is 0.472 e. The lowest BCUT2D eigenvalue weighted by molar-refractivity contribution is -0.870. The van der Waals surface area contributed by atoms with Crippen LogP contribution in [0.4, 0.5) is 0 Å². The van der Waals surface area contributed by atoms with Crippen molar-refractivity contribution in [3.8, 4) is 0 Å². The third kappa shape index (κ3) is 55.7. The van der Waals surface area contributed by atoms with E-state index in [0.29, 0.717) is 17.4 Å². The number of nitrogens with zero attached hydrogens (tertiary/aromatic N) is 1. The second-order valence-corrected chi connectivity index (χ2v) is 22.8. The normalized spacial score (nSPS) is 13.4. The molecule has 0 fully saturated rings. The highest BCUT2D eigenvalue weighted by atomic mass is 31.2. The van der Waals surface area contributed by atoms with Crippen molar-refractivity contribution in [3.63, 3.8) is 0 Å². The Morgan fingerprint density at radius 2 is 0.739 bits per heavy atom. The van der Waals surface area contributed by atoms with Crippen molar-refractivity contribution in [2.45, 2.75) is 296 Å². The molecule has 2 atom stereocenters. The Kier molecular flexibility index (Phi) is 50.3. The Balaban J connectivity index is 3.95. The summed E-state index contributed by atoms with van der Waals surface area (Å²) in [5.41, 5.74) is 0. The number of likely N-dealkylation sites (N-methyl/N-ethyl adjacent to an activating group) is 1. The van der Waals surface area contributed by atoms with Crippen LogP contribution >= 0.6 is 7.82 Å². The summed E-state index contributed by atoms with van der Waals surface area (Å²) in [5, 5.41) is 0. The zero-order valence-corrected chi connectivity index (χ0v) is 47.2. The van der Waals surface area contributed by atoms with Crippen LogP contribution in [0.5, 0.6) is 0 Å². The molecule has 0 aliphatic carbocycles. The molecule has 0 bridgehead atoms. The summed E-state index contributed by atoms with van der Waals surface area (Å²) in [5.74, 6) is -0.795. The summed E-state index contributed by atoms with van der Waals surface area (Å²) in [6.45, 7) is 4.43. The summed E-state index contributed by atoms with van der Waals surface area (Å²) in [4.78, 5) is 35.5. The lowest BCUT2D eigenvalue weighted by Gasteiger charge is -2.24. The SMILES string of the molecule is CCCCC/C=C\CCCCCCCC(=O)OCC(COP(=O)(O)OCC[N+](C)(C)C)OC(=O)CCCCCCCCCCCCCCCCCCCCCCC/C=C\CCCCCCCCCC. The minimum Gasteiger partial charge on any atom is -0.462 e. The summed E-state index contributed by atoms with van der Waals surface area (Å²) in [6.07, 6.45) is 61.3. The molecule has 0 spiro atoms. The number of hydrogen-bond acceptors (Lipinski definition) is 7. The van der Waals surface area contributed by atoms with Gasteiger partial charge in [-0.1, -0.05) is 237 Å². The van der Waals surface area contributed by atoms with E-state index in [9.17, 15) is 19.0 Å². The predicted octanol–water partition coefficient (Wildman–Crippen LogP) is 18.2. The van der Waals surface area contributed by atoms with Gasteiger partial charge in [0.1, 0.15) is 19.8 Å². The van der Waals surface area contributed by atoms with Gasteiger partial charge in [0.15, 0.2) is 6.10 Å². The Labute approximate surface area is 428 Å². The van der Waals surface area contributed by atoms with Gasteiger partial charge in [0.05, 0.1) is 27.7 Å². The molecule has 69 heavy (non-hydrogen) atoms. The highest BCUT2D eigenvalue weighted by molar-refractivity contribution is 7.47. The molecule has 9 nitrogen and oxygen atoms in total. The van der Waals surface area contributed by atoms with Crippen molar-refractivity contribution >= 4 is 19.8 Å². The van der Waals surface area contributed by atoms with E-state index in [0.717, 1.165) is 51.4 Å². The van der Waals surface area contributed by atoms with Gasteiger partial charge >= 0.3 is 19.8 Å². The smallest absolute Gasteiger partial charge is 0.462 e. The Hall–Kier alpha value is -1.51. The standard InChI is InChI=1S/C59H114NO8P/c1-6-8-10-12-14-16-18-20-21-22-23-24-25-26-27-28-29-30-31-32-33-34-35-36-37-38-39-40-42-44-46-48-50-52-59(62)68-57(56-67-69(63,64)66-54-53-60(3,4)5)55-65-58(61)51-49-47-45-43-41-19-17-15-13-11-9-7-2/h15,17,22-23,57H,6-14,16,18-21,24-56H2,1-5H3/p+1/b17-15-,23-22-. The van der Waals surface area contributed by atoms with E-state index in [1.54, 1.807) is 0 Å². The van der Waals surface area contributed by atoms with Gasteiger partial charge in [-0.25, -0.2) is 4.57 Å². The van der Waals surface area contributed by atoms with Crippen molar-refractivity contribution < 1.29 is 42.1 Å². The Morgan fingerprint density at radius 3 is 1.10 bits per heavy atom. The molecule has 0 amide bonds. The predicted molar refractivity (Wildman–Crippen MR) is 294 cm³/mol. The fourth-order valence-electron chi connectivity index (χ4n) is 8.60. The second-order valence-electron chi connectivity index (χ2n) is 21.4. The Morgan fingerprint density at radius 1 is 0.435 bits per heavy atom. The quantitative estimate of drug-likeness (QED) is 0.0211. The van der Waals surface area contributed by atoms with Crippen LogP contribution in [0.3, 0.4) is 0 Å². The van der Waals surface area contributed by atoms with Gasteiger partial charge in [-0.15, -0.1) is 0 Å². The van der Waals surface area contributed by atoms with Crippen LogP contribution in [0.2, 0.25) is 0 Å². The Bertz CT molecular complexity index is 1220. The highest BCUT2D eigenvalue weighted by Crippen LogP contribution is 2.43. The van der Waals surface area contributed by atoms with Gasteiger partial charge in [-0.05, 0) is 64.2 Å². The largest absolute Gasteiger partial charge is 0.472 e. The molecule has 0 rings (SSSR count). The molecule has 0 aliphatic heterocycles. The van der Waals surface area contributed by atoms with Crippen LogP contribution in [0.1, 0.15) is 290 Å². The number of quaternary nitrogens is 1. The molecule has 0 aliphatic rings. The zero-order valence-electron chi connectivity index (χ0n) is 46.3. The van der Waals surface area contributed by atoms with Crippen LogP contribution in [0, 0.1) is 0 Å². The molecule has 0 saturated heterocycles. The van der Waals surface area contributed by atoms with Gasteiger partial charge in [-0.2, -0.15) is 0 Å². The highest BCUT2D eigenvalue weighted by Gasteiger charge is 2.27. The summed E-state index contributed by atoms with van der Waals surface area (Å²) < 4.78 is 34.5. The van der Waals surface area contributed by atoms with Gasteiger partial charge < -0.3 is 18.9 Å². The molecule has 408 valence electrons. The van der Waals surface area contributed by atoms with Crippen LogP contribution < -0.4 is 0 Å². The fourth-order valence-corrected chi connectivity index (χ4v) is 9.34. The van der Waals surface area contributed by atoms with E-state index in [2.05, 4.69) is 38.2 Å². The number of phosphoric acid groups is 1. The maximum absolute atomic E-state index is 12.8. The molecule has 0 aromatic heterocycles. The number of rotatable bonds is 55. The average Bonchev–Trinajstić information content (AvgIpc) is 3.31. The summed E-state index contributed by atoms with van der Waals surface area (Å²) in [7, 11) is 1.49. The number of allylic oxidation sites excluding steroid dienone is 4. The first-order chi connectivity index (χ1) is 33.5. The van der Waals surface area contributed by atoms with Crippen LogP contribution in [-0.4, -0.2) is 74.9 Å². The molecular formula is C59H115NO8P+. The second kappa shape index (κ2) is 51.4. The topological polar surface area (TPSA) is 108 Å². The first-order valence-electron chi connectivity index (χ1n) is 29.6. The lowest BCUT2D eigenvalue weighted by atomic mass is 10.0. The first-order valence-corrected chi connectivity index (χ1v) is 31.1. The average molecular weight is 998 g/mol. The van der Waals surface area contributed by atoms with E-state index < -0.39 is 26.5 Å². The molecule has 0 heterocycles. The summed E-state index contributed by atoms with van der Waals surface area (Å²) in [6, 6.07) is 0. The van der Waals surface area contributed by atoms with E-state index in [4.69, 9.17) is 18.5 Å². The van der Waals surface area contributed by atoms with Gasteiger partial charge in [0, 0.05) is 12.8 Å². The van der Waals surface area contributed by atoms with Crippen molar-refractivity contribution in [1.29, 1.82) is 0 Å². The first kappa shape index (κ1) is 67.5. The van der Waals surface area contributed by atoms with E-state index in [1.165, 1.54) is 205 Å². The van der Waals surface area contributed by atoms with Crippen molar-refractivity contribution in [3.05, 3.63) is 24.3 Å². The molecule has 10 heteroatoms. The molecule has 0 radical (unpaired) electrons. The number of hydrogen-bond donors (Lipinski definition) is 1. The number of carbonyl (C=O) groups is 2. The number of unbranched alkanes of at least 4 members (excludes halogenated alkanes) is 37. The van der Waals surface area contributed by atoms with E-state index in [-0.39, 0.29) is 32.0 Å². The van der Waals surface area contributed by atoms with Crippen molar-refractivity contribution in [1.82, 2.24) is 0 Å². The minimum atomic E-state index is -4.38. The van der Waals surface area contributed by atoms with Crippen LogP contribution in [-0.2, 0) is 32.7 Å². The molecule has 0 saturated carbocycles. The van der Waals surface area contributed by atoms with Crippen LogP contribution in [0.15, 0.2) is 24.3 Å². The third-order valence-electron chi connectivity index (χ3n) is 13.2. The number of esters is 2. The van der Waals surface area contributed by atoms with Gasteiger partial charge in [0.25, 0.3) is 0 Å². The monoisotopic (exact) mass is 997 g/mol. The molecule has 1 N–H and O–H groups in total. The van der Waals surface area contributed by atoms with E-state index in [1.807, 2.05) is 21.1 Å². The van der Waals surface area contributed by atoms with E-state index >= 15 is 0 Å². The molecule has 2 unspecified atom stereocenters. The van der Waals surface area contributed by atoms with Gasteiger partial charge in [0.2, 0.25) is 0 Å². The lowest BCUT2D eigenvalue weighted by Crippen LogP contribution is -2.37. The number of carbonyl (C=O) groups excluding carboxylic acids is 2. The maximum atomic E-state index is 12.8. The minimum absolute atomic E-state index is 0.0330. The van der Waals surface area contributed by atoms with Crippen molar-refractivity contribution in [2.24, 2.45) is 0 Å². The van der Waals surface area contributed by atoms with Crippen molar-refractivity contribution in [2.75, 3.05) is 47.5 Å². The third-order valence-corrected chi connectivity index (χ3v) is 14.2.